The molecule has 0 radical (unpaired) electrons. The van der Waals surface area contributed by atoms with E-state index in [2.05, 4.69) is 21.2 Å². The van der Waals surface area contributed by atoms with Gasteiger partial charge in [-0.05, 0) is 53.2 Å². The number of hydrogen-bond donors (Lipinski definition) is 1. The highest BCUT2D eigenvalue weighted by Crippen LogP contribution is 2.28. The first-order valence-corrected chi connectivity index (χ1v) is 7.58. The fourth-order valence-corrected chi connectivity index (χ4v) is 3.00. The molecule has 0 aliphatic rings. The summed E-state index contributed by atoms with van der Waals surface area (Å²) in [5.41, 5.74) is 0.642. The van der Waals surface area contributed by atoms with Crippen LogP contribution in [-0.4, -0.2) is 12.5 Å². The minimum Gasteiger partial charge on any atom is -0.492 e. The molecular formula is C13H11BrClNO2S. The Kier molecular flexibility index (Phi) is 4.85. The molecule has 100 valence electrons. The molecule has 1 aromatic carbocycles. The van der Waals surface area contributed by atoms with Gasteiger partial charge in [0.05, 0.1) is 20.3 Å². The molecule has 0 aliphatic carbocycles. The lowest BCUT2D eigenvalue weighted by molar-refractivity contribution is 0.103. The number of rotatable bonds is 4. The van der Waals surface area contributed by atoms with Crippen LogP contribution in [0, 0.1) is 0 Å². The van der Waals surface area contributed by atoms with E-state index in [0.29, 0.717) is 27.9 Å². The largest absolute Gasteiger partial charge is 0.492 e. The van der Waals surface area contributed by atoms with Crippen molar-refractivity contribution in [3.8, 4) is 5.75 Å². The molecule has 1 amide bonds. The average molecular weight is 361 g/mol. The first-order valence-electron chi connectivity index (χ1n) is 5.59. The highest BCUT2D eigenvalue weighted by atomic mass is 79.9. The summed E-state index contributed by atoms with van der Waals surface area (Å²) in [4.78, 5) is 12.6. The van der Waals surface area contributed by atoms with Gasteiger partial charge < -0.3 is 10.1 Å². The van der Waals surface area contributed by atoms with Crippen LogP contribution in [0.3, 0.4) is 0 Å². The van der Waals surface area contributed by atoms with Crippen molar-refractivity contribution < 1.29 is 9.53 Å². The van der Waals surface area contributed by atoms with Gasteiger partial charge in [0, 0.05) is 5.69 Å². The van der Waals surface area contributed by atoms with Gasteiger partial charge in [-0.1, -0.05) is 11.6 Å². The van der Waals surface area contributed by atoms with Crippen molar-refractivity contribution in [3.63, 3.8) is 0 Å². The van der Waals surface area contributed by atoms with Gasteiger partial charge >= 0.3 is 0 Å². The van der Waals surface area contributed by atoms with Crippen LogP contribution in [0.1, 0.15) is 16.6 Å². The molecule has 3 nitrogen and oxygen atoms in total. The molecule has 2 rings (SSSR count). The molecule has 1 heterocycles. The Morgan fingerprint density at radius 2 is 2.21 bits per heavy atom. The number of carbonyl (C=O) groups is 1. The zero-order valence-electron chi connectivity index (χ0n) is 10.1. The van der Waals surface area contributed by atoms with E-state index in [-0.39, 0.29) is 5.91 Å². The highest BCUT2D eigenvalue weighted by Gasteiger charge is 2.10. The van der Waals surface area contributed by atoms with E-state index in [1.165, 1.54) is 11.3 Å². The van der Waals surface area contributed by atoms with E-state index >= 15 is 0 Å². The maximum atomic E-state index is 12.0. The molecule has 0 fully saturated rings. The van der Waals surface area contributed by atoms with Crippen molar-refractivity contribution in [1.29, 1.82) is 0 Å². The summed E-state index contributed by atoms with van der Waals surface area (Å²) in [5, 5.41) is 3.27. The van der Waals surface area contributed by atoms with Gasteiger partial charge in [-0.25, -0.2) is 0 Å². The third-order valence-electron chi connectivity index (χ3n) is 2.29. The molecule has 0 saturated carbocycles. The van der Waals surface area contributed by atoms with Crippen molar-refractivity contribution in [2.45, 2.75) is 6.92 Å². The quantitative estimate of drug-likeness (QED) is 0.849. The summed E-state index contributed by atoms with van der Waals surface area (Å²) < 4.78 is 6.25. The van der Waals surface area contributed by atoms with Crippen LogP contribution >= 0.6 is 38.9 Å². The lowest BCUT2D eigenvalue weighted by Crippen LogP contribution is -2.10. The third kappa shape index (κ3) is 3.72. The van der Waals surface area contributed by atoms with Crippen molar-refractivity contribution in [2.24, 2.45) is 0 Å². The molecule has 0 saturated heterocycles. The number of nitrogens with one attached hydrogen (secondary N) is 1. The lowest BCUT2D eigenvalue weighted by Gasteiger charge is -2.08. The highest BCUT2D eigenvalue weighted by molar-refractivity contribution is 9.11. The number of thiophene rings is 1. The maximum Gasteiger partial charge on any atom is 0.265 e. The lowest BCUT2D eigenvalue weighted by atomic mass is 10.3. The van der Waals surface area contributed by atoms with Crippen molar-refractivity contribution in [3.05, 3.63) is 44.0 Å². The predicted molar refractivity (Wildman–Crippen MR) is 82.6 cm³/mol. The Hall–Kier alpha value is -1.04. The Balaban J connectivity index is 2.11. The molecule has 19 heavy (non-hydrogen) atoms. The Morgan fingerprint density at radius 1 is 1.42 bits per heavy atom. The molecule has 2 aromatic rings. The van der Waals surface area contributed by atoms with Gasteiger partial charge in [-0.15, -0.1) is 11.3 Å². The topological polar surface area (TPSA) is 38.3 Å². The number of anilines is 1. The summed E-state index contributed by atoms with van der Waals surface area (Å²) >= 11 is 10.8. The minimum atomic E-state index is -0.157. The standard InChI is InChI=1S/C13H11BrClNO2S/c1-2-18-10-4-3-8(7-9(10)15)16-13(17)11-5-6-12(14)19-11/h3-7H,2H2,1H3,(H,16,17). The van der Waals surface area contributed by atoms with E-state index in [9.17, 15) is 4.79 Å². The molecule has 1 N–H and O–H groups in total. The van der Waals surface area contributed by atoms with Crippen LogP contribution in [0.5, 0.6) is 5.75 Å². The van der Waals surface area contributed by atoms with Crippen molar-refractivity contribution >= 4 is 50.5 Å². The summed E-state index contributed by atoms with van der Waals surface area (Å²) in [5.74, 6) is 0.456. The molecule has 1 aromatic heterocycles. The van der Waals surface area contributed by atoms with Crippen LogP contribution in [0.25, 0.3) is 0 Å². The summed E-state index contributed by atoms with van der Waals surface area (Å²) in [6.07, 6.45) is 0. The number of amides is 1. The maximum absolute atomic E-state index is 12.0. The molecule has 0 atom stereocenters. The van der Waals surface area contributed by atoms with Crippen LogP contribution in [0.2, 0.25) is 5.02 Å². The number of benzene rings is 1. The van der Waals surface area contributed by atoms with Gasteiger partial charge in [-0.3, -0.25) is 4.79 Å². The normalized spacial score (nSPS) is 10.3. The summed E-state index contributed by atoms with van der Waals surface area (Å²) in [6.45, 7) is 2.44. The fraction of sp³-hybridized carbons (Fsp3) is 0.154. The van der Waals surface area contributed by atoms with Gasteiger partial charge in [0.15, 0.2) is 0 Å². The van der Waals surface area contributed by atoms with Crippen LogP contribution in [0.15, 0.2) is 34.1 Å². The second-order valence-electron chi connectivity index (χ2n) is 3.64. The van der Waals surface area contributed by atoms with E-state index in [1.54, 1.807) is 24.3 Å². The van der Waals surface area contributed by atoms with Crippen molar-refractivity contribution in [1.82, 2.24) is 0 Å². The van der Waals surface area contributed by atoms with E-state index < -0.39 is 0 Å². The Morgan fingerprint density at radius 3 is 2.79 bits per heavy atom. The number of carbonyl (C=O) groups excluding carboxylic acids is 1. The van der Waals surface area contributed by atoms with E-state index in [0.717, 1.165) is 3.79 Å². The molecule has 6 heteroatoms. The van der Waals surface area contributed by atoms with E-state index in [4.69, 9.17) is 16.3 Å². The fourth-order valence-electron chi connectivity index (χ4n) is 1.48. The first kappa shape index (κ1) is 14.4. The summed E-state index contributed by atoms with van der Waals surface area (Å²) in [7, 11) is 0. The number of halogens is 2. The minimum absolute atomic E-state index is 0.157. The third-order valence-corrected chi connectivity index (χ3v) is 4.20. The van der Waals surface area contributed by atoms with Crippen molar-refractivity contribution in [2.75, 3.05) is 11.9 Å². The Labute approximate surface area is 128 Å². The average Bonchev–Trinajstić information content (AvgIpc) is 2.80. The molecule has 0 bridgehead atoms. The molecular weight excluding hydrogens is 350 g/mol. The summed E-state index contributed by atoms with van der Waals surface area (Å²) in [6, 6.07) is 8.78. The number of ether oxygens (including phenoxy) is 1. The van der Waals surface area contributed by atoms with Gasteiger partial charge in [0.2, 0.25) is 0 Å². The zero-order valence-corrected chi connectivity index (χ0v) is 13.2. The van der Waals surface area contributed by atoms with Crippen LogP contribution < -0.4 is 10.1 Å². The SMILES string of the molecule is CCOc1ccc(NC(=O)c2ccc(Br)s2)cc1Cl. The monoisotopic (exact) mass is 359 g/mol. The van der Waals surface area contributed by atoms with Gasteiger partial charge in [0.25, 0.3) is 5.91 Å². The van der Waals surface area contributed by atoms with Crippen LogP contribution in [0.4, 0.5) is 5.69 Å². The molecule has 0 aliphatic heterocycles. The van der Waals surface area contributed by atoms with Gasteiger partial charge in [-0.2, -0.15) is 0 Å². The second kappa shape index (κ2) is 6.41. The molecule has 0 spiro atoms. The van der Waals surface area contributed by atoms with Gasteiger partial charge in [0.1, 0.15) is 5.75 Å². The smallest absolute Gasteiger partial charge is 0.265 e. The zero-order chi connectivity index (χ0) is 13.8. The first-order chi connectivity index (χ1) is 9.10. The number of hydrogen-bond acceptors (Lipinski definition) is 3. The Bertz CT molecular complexity index is 600. The van der Waals surface area contributed by atoms with E-state index in [1.807, 2.05) is 13.0 Å². The predicted octanol–water partition coefficient (Wildman–Crippen LogP) is 4.82. The van der Waals surface area contributed by atoms with Crippen LogP contribution in [-0.2, 0) is 0 Å². The molecule has 0 unspecified atom stereocenters. The second-order valence-corrected chi connectivity index (χ2v) is 6.51.